The van der Waals surface area contributed by atoms with Crippen LogP contribution in [0.3, 0.4) is 0 Å². The molecular weight excluding hydrogens is 180 g/mol. The molecule has 1 atom stereocenters. The van der Waals surface area contributed by atoms with Crippen LogP contribution in [0.1, 0.15) is 24.5 Å². The van der Waals surface area contributed by atoms with Crippen LogP contribution in [0.15, 0.2) is 29.2 Å². The standard InChI is InChI=1S/C9H12N4O/c1-7(10)8-3-2-4-13(8)5-9-11-6-14-12-9/h2-4,6-7H,5,10H2,1H3. The van der Waals surface area contributed by atoms with Gasteiger partial charge in [-0.2, -0.15) is 4.98 Å². The molecule has 0 amide bonds. The van der Waals surface area contributed by atoms with E-state index in [1.165, 1.54) is 6.39 Å². The Kier molecular flexibility index (Phi) is 2.32. The van der Waals surface area contributed by atoms with Crippen LogP contribution in [0, 0.1) is 0 Å². The Balaban J connectivity index is 2.21. The average molecular weight is 192 g/mol. The monoisotopic (exact) mass is 192 g/mol. The zero-order chi connectivity index (χ0) is 9.97. The van der Waals surface area contributed by atoms with Gasteiger partial charge in [-0.15, -0.1) is 0 Å². The number of hydrogen-bond donors (Lipinski definition) is 1. The van der Waals surface area contributed by atoms with E-state index in [-0.39, 0.29) is 6.04 Å². The maximum atomic E-state index is 5.80. The Hall–Kier alpha value is -1.62. The molecule has 0 aliphatic carbocycles. The largest absolute Gasteiger partial charge is 0.343 e. The van der Waals surface area contributed by atoms with Gasteiger partial charge in [-0.05, 0) is 19.1 Å². The molecule has 74 valence electrons. The van der Waals surface area contributed by atoms with Gasteiger partial charge in [0.25, 0.3) is 0 Å². The number of rotatable bonds is 3. The molecule has 5 nitrogen and oxygen atoms in total. The molecule has 0 saturated heterocycles. The fourth-order valence-electron chi connectivity index (χ4n) is 1.40. The van der Waals surface area contributed by atoms with Crippen molar-refractivity contribution in [3.05, 3.63) is 36.2 Å². The van der Waals surface area contributed by atoms with Crippen molar-refractivity contribution in [1.82, 2.24) is 14.7 Å². The summed E-state index contributed by atoms with van der Waals surface area (Å²) in [6.07, 6.45) is 3.28. The quantitative estimate of drug-likeness (QED) is 0.785. The second kappa shape index (κ2) is 3.63. The third-order valence-electron chi connectivity index (χ3n) is 2.05. The van der Waals surface area contributed by atoms with Gasteiger partial charge in [0.15, 0.2) is 5.82 Å². The molecular formula is C9H12N4O. The van der Waals surface area contributed by atoms with Gasteiger partial charge < -0.3 is 14.8 Å². The van der Waals surface area contributed by atoms with Crippen molar-refractivity contribution in [3.8, 4) is 0 Å². The second-order valence-electron chi connectivity index (χ2n) is 3.20. The van der Waals surface area contributed by atoms with E-state index in [0.717, 1.165) is 5.69 Å². The minimum atomic E-state index is 0.0110. The minimum absolute atomic E-state index is 0.0110. The third-order valence-corrected chi connectivity index (χ3v) is 2.05. The van der Waals surface area contributed by atoms with Crippen LogP contribution in [0.5, 0.6) is 0 Å². The molecule has 2 aromatic heterocycles. The normalized spacial score (nSPS) is 13.0. The molecule has 0 radical (unpaired) electrons. The number of nitrogens with zero attached hydrogens (tertiary/aromatic N) is 3. The molecule has 2 N–H and O–H groups in total. The van der Waals surface area contributed by atoms with Crippen LogP contribution >= 0.6 is 0 Å². The molecule has 2 rings (SSSR count). The fraction of sp³-hybridized carbons (Fsp3) is 0.333. The smallest absolute Gasteiger partial charge is 0.213 e. The molecule has 0 bridgehead atoms. The van der Waals surface area contributed by atoms with Crippen LogP contribution in [0.2, 0.25) is 0 Å². The van der Waals surface area contributed by atoms with E-state index in [2.05, 4.69) is 14.7 Å². The predicted molar refractivity (Wildman–Crippen MR) is 50.4 cm³/mol. The molecule has 5 heteroatoms. The van der Waals surface area contributed by atoms with Gasteiger partial charge in [0, 0.05) is 17.9 Å². The summed E-state index contributed by atoms with van der Waals surface area (Å²) in [7, 11) is 0. The van der Waals surface area contributed by atoms with E-state index in [0.29, 0.717) is 12.4 Å². The van der Waals surface area contributed by atoms with Crippen LogP contribution in [0.4, 0.5) is 0 Å². The summed E-state index contributed by atoms with van der Waals surface area (Å²) in [6.45, 7) is 2.54. The van der Waals surface area contributed by atoms with E-state index in [9.17, 15) is 0 Å². The summed E-state index contributed by atoms with van der Waals surface area (Å²) >= 11 is 0. The van der Waals surface area contributed by atoms with Gasteiger partial charge in [0.2, 0.25) is 6.39 Å². The van der Waals surface area contributed by atoms with E-state index < -0.39 is 0 Å². The highest BCUT2D eigenvalue weighted by atomic mass is 16.5. The molecule has 14 heavy (non-hydrogen) atoms. The number of hydrogen-bond acceptors (Lipinski definition) is 4. The number of aromatic nitrogens is 3. The first-order valence-corrected chi connectivity index (χ1v) is 4.43. The topological polar surface area (TPSA) is 69.9 Å². The second-order valence-corrected chi connectivity index (χ2v) is 3.20. The molecule has 0 aliphatic rings. The summed E-state index contributed by atoms with van der Waals surface area (Å²) in [4.78, 5) is 3.95. The van der Waals surface area contributed by atoms with Crippen molar-refractivity contribution in [2.45, 2.75) is 19.5 Å². The van der Waals surface area contributed by atoms with Crippen molar-refractivity contribution in [2.75, 3.05) is 0 Å². The maximum Gasteiger partial charge on any atom is 0.213 e. The first kappa shape index (κ1) is 8.96. The summed E-state index contributed by atoms with van der Waals surface area (Å²) < 4.78 is 6.67. The summed E-state index contributed by atoms with van der Waals surface area (Å²) in [5, 5.41) is 3.74. The lowest BCUT2D eigenvalue weighted by molar-refractivity contribution is 0.407. The zero-order valence-corrected chi connectivity index (χ0v) is 7.92. The van der Waals surface area contributed by atoms with Crippen molar-refractivity contribution < 1.29 is 4.52 Å². The van der Waals surface area contributed by atoms with Gasteiger partial charge in [0.1, 0.15) is 0 Å². The average Bonchev–Trinajstić information content (AvgIpc) is 2.75. The van der Waals surface area contributed by atoms with E-state index in [1.807, 2.05) is 29.8 Å². The highest BCUT2D eigenvalue weighted by molar-refractivity contribution is 5.11. The Morgan fingerprint density at radius 2 is 2.50 bits per heavy atom. The Labute approximate surface area is 81.5 Å². The van der Waals surface area contributed by atoms with Gasteiger partial charge in [-0.3, -0.25) is 0 Å². The lowest BCUT2D eigenvalue weighted by atomic mass is 10.2. The van der Waals surface area contributed by atoms with E-state index in [4.69, 9.17) is 5.73 Å². The molecule has 0 fully saturated rings. The first-order chi connectivity index (χ1) is 6.77. The van der Waals surface area contributed by atoms with Crippen molar-refractivity contribution in [1.29, 1.82) is 0 Å². The van der Waals surface area contributed by atoms with E-state index >= 15 is 0 Å². The van der Waals surface area contributed by atoms with Crippen LogP contribution < -0.4 is 5.73 Å². The molecule has 0 aromatic carbocycles. The Bertz CT molecular complexity index is 391. The van der Waals surface area contributed by atoms with Gasteiger partial charge in [0.05, 0.1) is 6.54 Å². The van der Waals surface area contributed by atoms with Gasteiger partial charge in [-0.25, -0.2) is 0 Å². The third kappa shape index (κ3) is 1.67. The molecule has 0 saturated carbocycles. The van der Waals surface area contributed by atoms with Gasteiger partial charge >= 0.3 is 0 Å². The highest BCUT2D eigenvalue weighted by Gasteiger charge is 2.07. The molecule has 0 aliphatic heterocycles. The molecule has 2 aromatic rings. The zero-order valence-electron chi connectivity index (χ0n) is 7.92. The molecule has 1 unspecified atom stereocenters. The minimum Gasteiger partial charge on any atom is -0.343 e. The maximum absolute atomic E-state index is 5.80. The lowest BCUT2D eigenvalue weighted by Crippen LogP contribution is -2.12. The van der Waals surface area contributed by atoms with E-state index in [1.54, 1.807) is 0 Å². The van der Waals surface area contributed by atoms with Crippen molar-refractivity contribution in [2.24, 2.45) is 5.73 Å². The summed E-state index contributed by atoms with van der Waals surface area (Å²) in [5.41, 5.74) is 6.87. The predicted octanol–water partition coefficient (Wildman–Crippen LogP) is 0.939. The number of nitrogens with two attached hydrogens (primary N) is 1. The van der Waals surface area contributed by atoms with Crippen molar-refractivity contribution in [3.63, 3.8) is 0 Å². The lowest BCUT2D eigenvalue weighted by Gasteiger charge is -2.09. The van der Waals surface area contributed by atoms with Crippen LogP contribution in [0.25, 0.3) is 0 Å². The Morgan fingerprint density at radius 1 is 1.64 bits per heavy atom. The first-order valence-electron chi connectivity index (χ1n) is 4.43. The molecule has 2 heterocycles. The van der Waals surface area contributed by atoms with Crippen LogP contribution in [-0.4, -0.2) is 14.7 Å². The highest BCUT2D eigenvalue weighted by Crippen LogP contribution is 2.11. The fourth-order valence-corrected chi connectivity index (χ4v) is 1.40. The van der Waals surface area contributed by atoms with Crippen LogP contribution in [-0.2, 0) is 6.54 Å². The van der Waals surface area contributed by atoms with Gasteiger partial charge in [-0.1, -0.05) is 5.16 Å². The molecule has 0 spiro atoms. The Morgan fingerprint density at radius 3 is 3.14 bits per heavy atom. The summed E-state index contributed by atoms with van der Waals surface area (Å²) in [6, 6.07) is 3.96. The summed E-state index contributed by atoms with van der Waals surface area (Å²) in [5.74, 6) is 0.656. The SMILES string of the molecule is CC(N)c1cccn1Cc1ncon1. The van der Waals surface area contributed by atoms with Crippen molar-refractivity contribution >= 4 is 0 Å².